The molecule has 0 aliphatic rings. The molecule has 1 aromatic carbocycles. The summed E-state index contributed by atoms with van der Waals surface area (Å²) in [5, 5.41) is 28.0. The molecule has 7 nitrogen and oxygen atoms in total. The predicted molar refractivity (Wildman–Crippen MR) is 80.4 cm³/mol. The van der Waals surface area contributed by atoms with E-state index in [1.165, 1.54) is 23.0 Å². The molecule has 1 aromatic heterocycles. The van der Waals surface area contributed by atoms with Gasteiger partial charge in [-0.25, -0.2) is 0 Å². The fraction of sp³-hybridized carbons (Fsp3) is 0.154. The number of aromatic hydroxyl groups is 1. The summed E-state index contributed by atoms with van der Waals surface area (Å²) in [6.45, 7) is 1.58. The molecule has 0 aliphatic heterocycles. The van der Waals surface area contributed by atoms with E-state index in [0.717, 1.165) is 0 Å². The molecule has 2 rings (SSSR count). The van der Waals surface area contributed by atoms with Gasteiger partial charge in [-0.15, -0.1) is 0 Å². The molecule has 0 spiro atoms. The second-order valence-electron chi connectivity index (χ2n) is 4.34. The van der Waals surface area contributed by atoms with Gasteiger partial charge in [-0.3, -0.25) is 14.8 Å². The smallest absolute Gasteiger partial charge is 0.317 e. The zero-order valence-electron chi connectivity index (χ0n) is 11.4. The summed E-state index contributed by atoms with van der Waals surface area (Å²) < 4.78 is 1.42. The SMILES string of the molecule is Cc1nn(C)c(C=CNc2cc(Cl)ccc2O)c1[N+](=O)[O-]. The molecule has 21 heavy (non-hydrogen) atoms. The third-order valence-electron chi connectivity index (χ3n) is 2.86. The van der Waals surface area contributed by atoms with Crippen LogP contribution in [0.2, 0.25) is 5.02 Å². The number of phenols is 1. The van der Waals surface area contributed by atoms with Gasteiger partial charge in [0.15, 0.2) is 0 Å². The molecule has 0 bridgehead atoms. The van der Waals surface area contributed by atoms with Gasteiger partial charge in [-0.1, -0.05) is 11.6 Å². The number of benzene rings is 1. The maximum atomic E-state index is 11.0. The van der Waals surface area contributed by atoms with Crippen LogP contribution in [-0.2, 0) is 7.05 Å². The summed E-state index contributed by atoms with van der Waals surface area (Å²) in [7, 11) is 1.62. The van der Waals surface area contributed by atoms with Gasteiger partial charge >= 0.3 is 5.69 Å². The van der Waals surface area contributed by atoms with Crippen LogP contribution in [0.3, 0.4) is 0 Å². The average Bonchev–Trinajstić information content (AvgIpc) is 2.68. The van der Waals surface area contributed by atoms with Gasteiger partial charge in [-0.05, 0) is 31.2 Å². The lowest BCUT2D eigenvalue weighted by Crippen LogP contribution is -1.96. The van der Waals surface area contributed by atoms with E-state index in [-0.39, 0.29) is 11.4 Å². The third-order valence-corrected chi connectivity index (χ3v) is 3.09. The first-order valence-electron chi connectivity index (χ1n) is 5.99. The Morgan fingerprint density at radius 2 is 2.24 bits per heavy atom. The number of hydrogen-bond acceptors (Lipinski definition) is 5. The standard InChI is InChI=1S/C13H13ClN4O3/c1-8-13(18(20)21)11(17(2)16-8)5-6-15-10-7-9(14)3-4-12(10)19/h3-7,15,19H,1-2H3. The Hall–Kier alpha value is -2.54. The Labute approximate surface area is 125 Å². The van der Waals surface area contributed by atoms with Crippen LogP contribution in [0.5, 0.6) is 5.75 Å². The molecule has 0 amide bonds. The van der Waals surface area contributed by atoms with E-state index in [0.29, 0.717) is 22.1 Å². The monoisotopic (exact) mass is 308 g/mol. The normalized spacial score (nSPS) is 11.0. The van der Waals surface area contributed by atoms with Crippen LogP contribution < -0.4 is 5.32 Å². The summed E-state index contributed by atoms with van der Waals surface area (Å²) in [5.41, 5.74) is 1.05. The Morgan fingerprint density at radius 1 is 1.52 bits per heavy atom. The van der Waals surface area contributed by atoms with Crippen molar-refractivity contribution < 1.29 is 10.0 Å². The van der Waals surface area contributed by atoms with Gasteiger partial charge in [0.2, 0.25) is 0 Å². The molecule has 8 heteroatoms. The van der Waals surface area contributed by atoms with Crippen molar-refractivity contribution in [1.82, 2.24) is 9.78 Å². The van der Waals surface area contributed by atoms with Crippen LogP contribution in [0.15, 0.2) is 24.4 Å². The van der Waals surface area contributed by atoms with Gasteiger partial charge < -0.3 is 10.4 Å². The number of nitrogens with zero attached hydrogens (tertiary/aromatic N) is 3. The second kappa shape index (κ2) is 5.84. The van der Waals surface area contributed by atoms with Crippen molar-refractivity contribution in [1.29, 1.82) is 0 Å². The Balaban J connectivity index is 2.26. The predicted octanol–water partition coefficient (Wildman–Crippen LogP) is 3.08. The Morgan fingerprint density at radius 3 is 2.90 bits per heavy atom. The maximum Gasteiger partial charge on any atom is 0.317 e. The van der Waals surface area contributed by atoms with Crippen molar-refractivity contribution in [3.63, 3.8) is 0 Å². The van der Waals surface area contributed by atoms with Crippen molar-refractivity contribution in [2.75, 3.05) is 5.32 Å². The molecular weight excluding hydrogens is 296 g/mol. The molecule has 0 fully saturated rings. The number of nitrogens with one attached hydrogen (secondary N) is 1. The number of anilines is 1. The van der Waals surface area contributed by atoms with Crippen LogP contribution in [0.4, 0.5) is 11.4 Å². The van der Waals surface area contributed by atoms with E-state index < -0.39 is 4.92 Å². The van der Waals surface area contributed by atoms with Crippen LogP contribution in [0.1, 0.15) is 11.4 Å². The van der Waals surface area contributed by atoms with Crippen molar-refractivity contribution in [2.24, 2.45) is 7.05 Å². The lowest BCUT2D eigenvalue weighted by Gasteiger charge is -2.04. The van der Waals surface area contributed by atoms with E-state index in [1.807, 2.05) is 0 Å². The second-order valence-corrected chi connectivity index (χ2v) is 4.78. The largest absolute Gasteiger partial charge is 0.506 e. The molecule has 2 aromatic rings. The van der Waals surface area contributed by atoms with Gasteiger partial charge in [-0.2, -0.15) is 5.10 Å². The highest BCUT2D eigenvalue weighted by molar-refractivity contribution is 6.30. The summed E-state index contributed by atoms with van der Waals surface area (Å²) >= 11 is 5.83. The molecule has 0 saturated heterocycles. The first kappa shape index (κ1) is 14.9. The molecule has 1 heterocycles. The summed E-state index contributed by atoms with van der Waals surface area (Å²) in [6.07, 6.45) is 2.99. The van der Waals surface area contributed by atoms with Crippen molar-refractivity contribution in [2.45, 2.75) is 6.92 Å². The molecular formula is C13H13ClN4O3. The summed E-state index contributed by atoms with van der Waals surface area (Å²) in [4.78, 5) is 10.6. The zero-order valence-corrected chi connectivity index (χ0v) is 12.1. The average molecular weight is 309 g/mol. The zero-order chi connectivity index (χ0) is 15.6. The van der Waals surface area contributed by atoms with E-state index >= 15 is 0 Å². The third kappa shape index (κ3) is 3.14. The first-order valence-corrected chi connectivity index (χ1v) is 6.37. The molecule has 2 N–H and O–H groups in total. The van der Waals surface area contributed by atoms with E-state index in [9.17, 15) is 15.2 Å². The number of rotatable bonds is 4. The number of hydrogen-bond donors (Lipinski definition) is 2. The molecule has 0 radical (unpaired) electrons. The Bertz CT molecular complexity index is 724. The fourth-order valence-electron chi connectivity index (χ4n) is 1.91. The molecule has 0 atom stereocenters. The molecule has 0 saturated carbocycles. The number of aromatic nitrogens is 2. The van der Waals surface area contributed by atoms with E-state index in [1.54, 1.807) is 26.1 Å². The van der Waals surface area contributed by atoms with Crippen molar-refractivity contribution in [3.05, 3.63) is 50.9 Å². The number of phenolic OH excluding ortho intramolecular Hbond substituents is 1. The highest BCUT2D eigenvalue weighted by Crippen LogP contribution is 2.27. The lowest BCUT2D eigenvalue weighted by atomic mass is 10.3. The van der Waals surface area contributed by atoms with Crippen molar-refractivity contribution in [3.8, 4) is 5.75 Å². The van der Waals surface area contributed by atoms with Crippen LogP contribution in [0.25, 0.3) is 6.08 Å². The number of halogens is 1. The summed E-state index contributed by atoms with van der Waals surface area (Å²) in [6, 6.07) is 4.56. The van der Waals surface area contributed by atoms with Crippen LogP contribution in [-0.4, -0.2) is 19.8 Å². The minimum Gasteiger partial charge on any atom is -0.506 e. The van der Waals surface area contributed by atoms with E-state index in [2.05, 4.69) is 10.4 Å². The molecule has 0 unspecified atom stereocenters. The van der Waals surface area contributed by atoms with Crippen LogP contribution in [0, 0.1) is 17.0 Å². The van der Waals surface area contributed by atoms with Gasteiger partial charge in [0.25, 0.3) is 0 Å². The summed E-state index contributed by atoms with van der Waals surface area (Å²) in [5.74, 6) is 0.0275. The van der Waals surface area contributed by atoms with Crippen molar-refractivity contribution >= 4 is 29.1 Å². The first-order chi connectivity index (χ1) is 9.90. The van der Waals surface area contributed by atoms with Gasteiger partial charge in [0, 0.05) is 18.3 Å². The van der Waals surface area contributed by atoms with Gasteiger partial charge in [0.05, 0.1) is 10.6 Å². The number of aryl methyl sites for hydroxylation is 2. The molecule has 110 valence electrons. The fourth-order valence-corrected chi connectivity index (χ4v) is 2.08. The highest BCUT2D eigenvalue weighted by atomic mass is 35.5. The lowest BCUT2D eigenvalue weighted by molar-refractivity contribution is -0.385. The Kier molecular flexibility index (Phi) is 4.13. The van der Waals surface area contributed by atoms with E-state index in [4.69, 9.17) is 11.6 Å². The maximum absolute atomic E-state index is 11.0. The van der Waals surface area contributed by atoms with Gasteiger partial charge in [0.1, 0.15) is 17.1 Å². The number of nitro groups is 1. The minimum atomic E-state index is -0.473. The minimum absolute atomic E-state index is 0.0275. The molecule has 0 aliphatic carbocycles. The quantitative estimate of drug-likeness (QED) is 0.514. The van der Waals surface area contributed by atoms with Crippen LogP contribution >= 0.6 is 11.6 Å². The topological polar surface area (TPSA) is 93.2 Å². The highest BCUT2D eigenvalue weighted by Gasteiger charge is 2.21.